The molecule has 0 bridgehead atoms. The van der Waals surface area contributed by atoms with Crippen LogP contribution in [0.3, 0.4) is 0 Å². The van der Waals surface area contributed by atoms with E-state index in [1.54, 1.807) is 6.20 Å². The van der Waals surface area contributed by atoms with Gasteiger partial charge in [-0.3, -0.25) is 19.2 Å². The van der Waals surface area contributed by atoms with Gasteiger partial charge in [0.1, 0.15) is 18.4 Å². The highest BCUT2D eigenvalue weighted by Gasteiger charge is 2.53. The van der Waals surface area contributed by atoms with Crippen LogP contribution in [0.15, 0.2) is 36.5 Å². The molecular weight excluding hydrogens is 450 g/mol. The van der Waals surface area contributed by atoms with Crippen LogP contribution < -0.4 is 0 Å². The van der Waals surface area contributed by atoms with E-state index >= 15 is 0 Å². The Bertz CT molecular complexity index is 1040. The van der Waals surface area contributed by atoms with Crippen molar-refractivity contribution in [1.82, 2.24) is 15.0 Å². The first kappa shape index (κ1) is 24.8. The lowest BCUT2D eigenvalue weighted by atomic mass is 9.97. The first-order valence-electron chi connectivity index (χ1n) is 10.4. The van der Waals surface area contributed by atoms with Crippen LogP contribution in [0, 0.1) is 0 Å². The molecule has 0 unspecified atom stereocenters. The number of esters is 4. The Labute approximate surface area is 195 Å². The maximum Gasteiger partial charge on any atom is 0.303 e. The molecule has 12 nitrogen and oxygen atoms in total. The average Bonchev–Trinajstić information content (AvgIpc) is 3.25. The Morgan fingerprint density at radius 2 is 1.44 bits per heavy atom. The summed E-state index contributed by atoms with van der Waals surface area (Å²) >= 11 is 0. The fourth-order valence-electron chi connectivity index (χ4n) is 3.56. The van der Waals surface area contributed by atoms with Crippen LogP contribution >= 0.6 is 0 Å². The van der Waals surface area contributed by atoms with Crippen molar-refractivity contribution in [2.75, 3.05) is 6.61 Å². The second-order valence-electron chi connectivity index (χ2n) is 7.54. The predicted octanol–water partition coefficient (Wildman–Crippen LogP) is 1.20. The van der Waals surface area contributed by atoms with Gasteiger partial charge in [-0.2, -0.15) is 0 Å². The third kappa shape index (κ3) is 6.16. The molecule has 1 saturated heterocycles. The normalized spacial score (nSPS) is 24.1. The van der Waals surface area contributed by atoms with Gasteiger partial charge in [-0.15, -0.1) is 5.10 Å². The topological polar surface area (TPSA) is 145 Å². The van der Waals surface area contributed by atoms with E-state index in [0.29, 0.717) is 5.69 Å². The molecule has 34 heavy (non-hydrogen) atoms. The average molecular weight is 475 g/mol. The summed E-state index contributed by atoms with van der Waals surface area (Å²) in [6.07, 6.45) is -4.43. The summed E-state index contributed by atoms with van der Waals surface area (Å²) in [6, 6.07) is 9.20. The largest absolute Gasteiger partial charge is 0.463 e. The number of carbonyl (C=O) groups is 4. The van der Waals surface area contributed by atoms with Gasteiger partial charge in [-0.1, -0.05) is 35.5 Å². The van der Waals surface area contributed by atoms with Gasteiger partial charge in [0.05, 0.1) is 6.20 Å². The van der Waals surface area contributed by atoms with Crippen LogP contribution in [-0.4, -0.2) is 69.9 Å². The lowest BCUT2D eigenvalue weighted by molar-refractivity contribution is -0.270. The molecule has 1 fully saturated rings. The molecule has 0 amide bonds. The second-order valence-corrected chi connectivity index (χ2v) is 7.54. The van der Waals surface area contributed by atoms with E-state index in [4.69, 9.17) is 23.7 Å². The lowest BCUT2D eigenvalue weighted by Crippen LogP contribution is -2.60. The number of nitrogens with zero attached hydrogens (tertiary/aromatic N) is 3. The molecule has 182 valence electrons. The summed E-state index contributed by atoms with van der Waals surface area (Å²) < 4.78 is 28.6. The van der Waals surface area contributed by atoms with E-state index in [-0.39, 0.29) is 6.61 Å². The zero-order valence-electron chi connectivity index (χ0n) is 19.1. The first-order chi connectivity index (χ1) is 16.2. The SMILES string of the molecule is CC(=O)OC[C@H]1O[C@@H](n2cc(-c3ccccc3)nn2)[C@H](OC(C)=O)[C@@H](OC(C)=O)[C@@H]1OC(C)=O. The molecule has 5 atom stereocenters. The molecule has 12 heteroatoms. The Morgan fingerprint density at radius 3 is 2.03 bits per heavy atom. The number of carbonyl (C=O) groups excluding carboxylic acids is 4. The number of rotatable bonds is 7. The number of ether oxygens (including phenoxy) is 5. The van der Waals surface area contributed by atoms with Crippen LogP contribution in [0.5, 0.6) is 0 Å². The molecule has 1 aliphatic heterocycles. The van der Waals surface area contributed by atoms with Gasteiger partial charge in [0.2, 0.25) is 0 Å². The quantitative estimate of drug-likeness (QED) is 0.420. The molecular formula is C22H25N3O9. The van der Waals surface area contributed by atoms with Gasteiger partial charge in [-0.05, 0) is 0 Å². The third-order valence-corrected chi connectivity index (χ3v) is 4.81. The molecule has 1 aromatic carbocycles. The Hall–Kier alpha value is -3.80. The van der Waals surface area contributed by atoms with E-state index in [2.05, 4.69) is 10.3 Å². The van der Waals surface area contributed by atoms with Crippen molar-refractivity contribution in [3.63, 3.8) is 0 Å². The fraction of sp³-hybridized carbons (Fsp3) is 0.455. The van der Waals surface area contributed by atoms with E-state index in [0.717, 1.165) is 19.4 Å². The van der Waals surface area contributed by atoms with Crippen molar-refractivity contribution in [1.29, 1.82) is 0 Å². The summed E-state index contributed by atoms with van der Waals surface area (Å²) in [5.74, 6) is -2.71. The minimum absolute atomic E-state index is 0.325. The first-order valence-corrected chi connectivity index (χ1v) is 10.4. The van der Waals surface area contributed by atoms with Crippen LogP contribution in [0.25, 0.3) is 11.3 Å². The van der Waals surface area contributed by atoms with Gasteiger partial charge in [0, 0.05) is 33.3 Å². The molecule has 0 aliphatic carbocycles. The molecule has 2 aromatic rings. The number of benzene rings is 1. The van der Waals surface area contributed by atoms with Crippen molar-refractivity contribution in [3.05, 3.63) is 36.5 Å². The van der Waals surface area contributed by atoms with Gasteiger partial charge in [0.25, 0.3) is 0 Å². The molecule has 3 rings (SSSR count). The second kappa shape index (κ2) is 10.9. The Morgan fingerprint density at radius 1 is 0.853 bits per heavy atom. The molecule has 2 heterocycles. The van der Waals surface area contributed by atoms with Gasteiger partial charge >= 0.3 is 23.9 Å². The highest BCUT2D eigenvalue weighted by molar-refractivity contribution is 5.68. The fourth-order valence-corrected chi connectivity index (χ4v) is 3.56. The van der Waals surface area contributed by atoms with Crippen LogP contribution in [0.2, 0.25) is 0 Å². The summed E-state index contributed by atoms with van der Waals surface area (Å²) in [6.45, 7) is 4.36. The van der Waals surface area contributed by atoms with Crippen LogP contribution in [-0.2, 0) is 42.9 Å². The maximum atomic E-state index is 11.9. The molecule has 1 aromatic heterocycles. The minimum Gasteiger partial charge on any atom is -0.463 e. The van der Waals surface area contributed by atoms with E-state index < -0.39 is 54.5 Å². The molecule has 0 radical (unpaired) electrons. The highest BCUT2D eigenvalue weighted by Crippen LogP contribution is 2.35. The van der Waals surface area contributed by atoms with E-state index in [1.165, 1.54) is 18.5 Å². The summed E-state index contributed by atoms with van der Waals surface area (Å²) in [4.78, 5) is 47.1. The predicted molar refractivity (Wildman–Crippen MR) is 113 cm³/mol. The summed E-state index contributed by atoms with van der Waals surface area (Å²) in [5, 5.41) is 8.24. The van der Waals surface area contributed by atoms with Gasteiger partial charge < -0.3 is 23.7 Å². The van der Waals surface area contributed by atoms with Gasteiger partial charge in [0.15, 0.2) is 24.5 Å². The third-order valence-electron chi connectivity index (χ3n) is 4.81. The standard InChI is InChI=1S/C22H25N3O9/c1-12(26)30-11-18-19(31-13(2)27)20(32-14(3)28)21(33-15(4)29)22(34-18)25-10-17(23-24-25)16-8-6-5-7-9-16/h5-10,18-22H,11H2,1-4H3/t18-,19-,20+,21-,22-/m1/s1. The smallest absolute Gasteiger partial charge is 0.303 e. The van der Waals surface area contributed by atoms with Crippen molar-refractivity contribution < 1.29 is 42.9 Å². The Kier molecular flexibility index (Phi) is 7.95. The summed E-state index contributed by atoms with van der Waals surface area (Å²) in [5.41, 5.74) is 1.29. The van der Waals surface area contributed by atoms with Crippen LogP contribution in [0.4, 0.5) is 0 Å². The number of hydrogen-bond donors (Lipinski definition) is 0. The molecule has 1 aliphatic rings. The van der Waals surface area contributed by atoms with Crippen molar-refractivity contribution in [2.45, 2.75) is 58.3 Å². The number of aromatic nitrogens is 3. The van der Waals surface area contributed by atoms with Crippen LogP contribution in [0.1, 0.15) is 33.9 Å². The zero-order chi connectivity index (χ0) is 24.8. The molecule has 0 spiro atoms. The molecule has 0 saturated carbocycles. The Balaban J connectivity index is 2.03. The lowest BCUT2D eigenvalue weighted by Gasteiger charge is -2.44. The van der Waals surface area contributed by atoms with E-state index in [9.17, 15) is 19.2 Å². The molecule has 0 N–H and O–H groups in total. The van der Waals surface area contributed by atoms with E-state index in [1.807, 2.05) is 30.3 Å². The maximum absolute atomic E-state index is 11.9. The number of hydrogen-bond acceptors (Lipinski definition) is 11. The van der Waals surface area contributed by atoms with Gasteiger partial charge in [-0.25, -0.2) is 4.68 Å². The monoisotopic (exact) mass is 475 g/mol. The zero-order valence-corrected chi connectivity index (χ0v) is 19.1. The van der Waals surface area contributed by atoms with Crippen molar-refractivity contribution in [3.8, 4) is 11.3 Å². The minimum atomic E-state index is -1.28. The highest BCUT2D eigenvalue weighted by atomic mass is 16.7. The summed E-state index contributed by atoms with van der Waals surface area (Å²) in [7, 11) is 0. The van der Waals surface area contributed by atoms with Crippen molar-refractivity contribution in [2.24, 2.45) is 0 Å². The van der Waals surface area contributed by atoms with Crippen molar-refractivity contribution >= 4 is 23.9 Å².